The van der Waals surface area contributed by atoms with Crippen LogP contribution < -0.4 is 16.4 Å². The number of nitrogens with zero attached hydrogens (tertiary/aromatic N) is 1. The first-order valence-electron chi connectivity index (χ1n) is 6.72. The van der Waals surface area contributed by atoms with E-state index in [1.54, 1.807) is 12.1 Å². The van der Waals surface area contributed by atoms with Crippen LogP contribution in [0.3, 0.4) is 0 Å². The third-order valence-corrected chi connectivity index (χ3v) is 3.27. The molecule has 1 aliphatic heterocycles. The Balaban J connectivity index is 0.00000242. The number of piperazine rings is 1. The van der Waals surface area contributed by atoms with Crippen molar-refractivity contribution in [1.82, 2.24) is 15.5 Å². The van der Waals surface area contributed by atoms with Crippen molar-refractivity contribution in [2.75, 3.05) is 26.2 Å². The summed E-state index contributed by atoms with van der Waals surface area (Å²) < 4.78 is 0. The van der Waals surface area contributed by atoms with Gasteiger partial charge in [-0.25, -0.2) is 0 Å². The highest BCUT2D eigenvalue weighted by Crippen LogP contribution is 2.22. The van der Waals surface area contributed by atoms with Gasteiger partial charge in [0.1, 0.15) is 6.04 Å². The Morgan fingerprint density at radius 2 is 2.00 bits per heavy atom. The largest absolute Gasteiger partial charge is 0.352 e. The maximum absolute atomic E-state index is 12.2. The SMILES string of the molecule is Cl.NCC(=O)NCC(=O)N1CCNC(=O)C1c1ccccc1. The second-order valence-corrected chi connectivity index (χ2v) is 4.67. The first kappa shape index (κ1) is 17.9. The number of carbonyl (C=O) groups is 3. The van der Waals surface area contributed by atoms with Gasteiger partial charge in [-0.1, -0.05) is 30.3 Å². The van der Waals surface area contributed by atoms with Crippen molar-refractivity contribution in [3.63, 3.8) is 0 Å². The molecule has 0 radical (unpaired) electrons. The van der Waals surface area contributed by atoms with E-state index in [4.69, 9.17) is 5.73 Å². The first-order valence-corrected chi connectivity index (χ1v) is 6.72. The van der Waals surface area contributed by atoms with Crippen molar-refractivity contribution in [1.29, 1.82) is 0 Å². The van der Waals surface area contributed by atoms with Gasteiger partial charge in [0, 0.05) is 13.1 Å². The average Bonchev–Trinajstić information content (AvgIpc) is 2.52. The van der Waals surface area contributed by atoms with Crippen molar-refractivity contribution in [3.05, 3.63) is 35.9 Å². The Kier molecular flexibility index (Phi) is 6.81. The lowest BCUT2D eigenvalue weighted by atomic mass is 10.0. The smallest absolute Gasteiger partial charge is 0.247 e. The number of carbonyl (C=O) groups excluding carboxylic acids is 3. The summed E-state index contributed by atoms with van der Waals surface area (Å²) in [6, 6.07) is 8.41. The number of hydrogen-bond acceptors (Lipinski definition) is 4. The van der Waals surface area contributed by atoms with Crippen LogP contribution in [0.2, 0.25) is 0 Å². The molecule has 7 nitrogen and oxygen atoms in total. The van der Waals surface area contributed by atoms with E-state index in [0.29, 0.717) is 13.1 Å². The third-order valence-electron chi connectivity index (χ3n) is 3.27. The molecule has 8 heteroatoms. The zero-order valence-electron chi connectivity index (χ0n) is 12.0. The van der Waals surface area contributed by atoms with Gasteiger partial charge in [-0.05, 0) is 5.56 Å². The van der Waals surface area contributed by atoms with Crippen LogP contribution >= 0.6 is 12.4 Å². The number of rotatable bonds is 4. The Hall–Kier alpha value is -2.12. The maximum atomic E-state index is 12.2. The zero-order chi connectivity index (χ0) is 15.2. The molecule has 2 rings (SSSR count). The van der Waals surface area contributed by atoms with Gasteiger partial charge in [0.05, 0.1) is 13.1 Å². The molecule has 1 saturated heterocycles. The van der Waals surface area contributed by atoms with Crippen molar-refractivity contribution in [3.8, 4) is 0 Å². The normalized spacial score (nSPS) is 17.2. The molecule has 1 aromatic rings. The Labute approximate surface area is 134 Å². The first-order chi connectivity index (χ1) is 10.1. The van der Waals surface area contributed by atoms with Crippen molar-refractivity contribution in [2.24, 2.45) is 5.73 Å². The molecule has 0 spiro atoms. The molecule has 3 amide bonds. The quantitative estimate of drug-likeness (QED) is 0.672. The fourth-order valence-corrected chi connectivity index (χ4v) is 2.25. The molecule has 4 N–H and O–H groups in total. The summed E-state index contributed by atoms with van der Waals surface area (Å²) in [5, 5.41) is 5.18. The summed E-state index contributed by atoms with van der Waals surface area (Å²) >= 11 is 0. The van der Waals surface area contributed by atoms with E-state index in [2.05, 4.69) is 10.6 Å². The second kappa shape index (κ2) is 8.35. The summed E-state index contributed by atoms with van der Waals surface area (Å²) in [4.78, 5) is 36.9. The molecule has 22 heavy (non-hydrogen) atoms. The van der Waals surface area contributed by atoms with Crippen LogP contribution in [-0.2, 0) is 14.4 Å². The van der Waals surface area contributed by atoms with Crippen LogP contribution in [-0.4, -0.2) is 48.8 Å². The monoisotopic (exact) mass is 326 g/mol. The van der Waals surface area contributed by atoms with E-state index in [0.717, 1.165) is 5.56 Å². The number of halogens is 1. The van der Waals surface area contributed by atoms with Gasteiger partial charge in [0.2, 0.25) is 17.7 Å². The Morgan fingerprint density at radius 3 is 2.64 bits per heavy atom. The predicted molar refractivity (Wildman–Crippen MR) is 83.2 cm³/mol. The van der Waals surface area contributed by atoms with Gasteiger partial charge in [-0.2, -0.15) is 0 Å². The van der Waals surface area contributed by atoms with E-state index < -0.39 is 11.9 Å². The van der Waals surface area contributed by atoms with Gasteiger partial charge in [0.25, 0.3) is 0 Å². The molecular formula is C14H19ClN4O3. The third kappa shape index (κ3) is 4.19. The molecule has 1 aromatic carbocycles. The lowest BCUT2D eigenvalue weighted by molar-refractivity contribution is -0.143. The van der Waals surface area contributed by atoms with Crippen LogP contribution in [0.1, 0.15) is 11.6 Å². The maximum Gasteiger partial charge on any atom is 0.247 e. The summed E-state index contributed by atoms with van der Waals surface area (Å²) in [6.07, 6.45) is 0. The minimum atomic E-state index is -0.665. The summed E-state index contributed by atoms with van der Waals surface area (Å²) in [7, 11) is 0. The van der Waals surface area contributed by atoms with Crippen molar-refractivity contribution >= 4 is 30.1 Å². The van der Waals surface area contributed by atoms with E-state index >= 15 is 0 Å². The number of amides is 3. The molecule has 0 aliphatic carbocycles. The number of nitrogens with two attached hydrogens (primary N) is 1. The van der Waals surface area contributed by atoms with Crippen molar-refractivity contribution < 1.29 is 14.4 Å². The molecule has 1 unspecified atom stereocenters. The molecule has 1 atom stereocenters. The average molecular weight is 327 g/mol. The summed E-state index contributed by atoms with van der Waals surface area (Å²) in [5.74, 6) is -0.924. The minimum Gasteiger partial charge on any atom is -0.352 e. The van der Waals surface area contributed by atoms with Gasteiger partial charge in [-0.3, -0.25) is 14.4 Å². The fraction of sp³-hybridized carbons (Fsp3) is 0.357. The van der Waals surface area contributed by atoms with Crippen LogP contribution in [0.25, 0.3) is 0 Å². The fourth-order valence-electron chi connectivity index (χ4n) is 2.25. The Morgan fingerprint density at radius 1 is 1.32 bits per heavy atom. The van der Waals surface area contributed by atoms with Gasteiger partial charge >= 0.3 is 0 Å². The second-order valence-electron chi connectivity index (χ2n) is 4.67. The van der Waals surface area contributed by atoms with E-state index in [1.165, 1.54) is 4.90 Å². The standard InChI is InChI=1S/C14H18N4O3.ClH/c15-8-11(19)17-9-12(20)18-7-6-16-14(21)13(18)10-4-2-1-3-5-10;/h1-5,13H,6-9,15H2,(H,16,21)(H,17,19);1H. The highest BCUT2D eigenvalue weighted by molar-refractivity contribution is 5.92. The molecule has 1 heterocycles. The van der Waals surface area contributed by atoms with E-state index in [1.807, 2.05) is 18.2 Å². The molecular weight excluding hydrogens is 308 g/mol. The van der Waals surface area contributed by atoms with E-state index in [-0.39, 0.29) is 37.3 Å². The van der Waals surface area contributed by atoms with Crippen molar-refractivity contribution in [2.45, 2.75) is 6.04 Å². The van der Waals surface area contributed by atoms with Crippen LogP contribution in [0.5, 0.6) is 0 Å². The highest BCUT2D eigenvalue weighted by atomic mass is 35.5. The number of benzene rings is 1. The van der Waals surface area contributed by atoms with E-state index in [9.17, 15) is 14.4 Å². The van der Waals surface area contributed by atoms with Crippen LogP contribution in [0, 0.1) is 0 Å². The zero-order valence-corrected chi connectivity index (χ0v) is 12.8. The van der Waals surface area contributed by atoms with Gasteiger partial charge in [0.15, 0.2) is 0 Å². The van der Waals surface area contributed by atoms with Gasteiger partial charge < -0.3 is 21.3 Å². The molecule has 0 aromatic heterocycles. The summed E-state index contributed by atoms with van der Waals surface area (Å²) in [5.41, 5.74) is 5.92. The lowest BCUT2D eigenvalue weighted by Crippen LogP contribution is -2.54. The van der Waals surface area contributed by atoms with Crippen LogP contribution in [0.15, 0.2) is 30.3 Å². The topological polar surface area (TPSA) is 105 Å². The highest BCUT2D eigenvalue weighted by Gasteiger charge is 2.33. The van der Waals surface area contributed by atoms with Crippen LogP contribution in [0.4, 0.5) is 0 Å². The predicted octanol–water partition coefficient (Wildman–Crippen LogP) is -0.817. The summed E-state index contributed by atoms with van der Waals surface area (Å²) in [6.45, 7) is 0.476. The minimum absolute atomic E-state index is 0. The molecule has 0 saturated carbocycles. The Bertz CT molecular complexity index is 538. The molecule has 120 valence electrons. The molecule has 1 aliphatic rings. The van der Waals surface area contributed by atoms with Gasteiger partial charge in [-0.15, -0.1) is 12.4 Å². The lowest BCUT2D eigenvalue weighted by Gasteiger charge is -2.35. The molecule has 1 fully saturated rings. The number of hydrogen-bond donors (Lipinski definition) is 3. The molecule has 0 bridgehead atoms. The number of nitrogens with one attached hydrogen (secondary N) is 2.